The van der Waals surface area contributed by atoms with Gasteiger partial charge in [0.2, 0.25) is 0 Å². The van der Waals surface area contributed by atoms with Crippen molar-refractivity contribution in [2.45, 2.75) is 6.61 Å². The maximum atomic E-state index is 12.6. The molecule has 0 bridgehead atoms. The van der Waals surface area contributed by atoms with Gasteiger partial charge in [-0.1, -0.05) is 12.1 Å². The van der Waals surface area contributed by atoms with Gasteiger partial charge in [0.1, 0.15) is 18.1 Å². The van der Waals surface area contributed by atoms with Crippen molar-refractivity contribution in [1.29, 1.82) is 0 Å². The number of esters is 1. The molecule has 82 valence electrons. The molecular formula is C12H10FNO2. The minimum absolute atomic E-state index is 0.137. The molecule has 0 aliphatic heterocycles. The van der Waals surface area contributed by atoms with Crippen LogP contribution in [0.1, 0.15) is 16.1 Å². The lowest BCUT2D eigenvalue weighted by molar-refractivity contribution is 0.0466. The van der Waals surface area contributed by atoms with Crippen LogP contribution in [0.15, 0.2) is 42.6 Å². The topological polar surface area (TPSA) is 42.1 Å². The van der Waals surface area contributed by atoms with E-state index in [-0.39, 0.29) is 12.4 Å². The predicted octanol–water partition coefficient (Wildman–Crippen LogP) is 2.51. The van der Waals surface area contributed by atoms with E-state index < -0.39 is 5.97 Å². The highest BCUT2D eigenvalue weighted by Gasteiger charge is 2.07. The summed E-state index contributed by atoms with van der Waals surface area (Å²) in [6, 6.07) is 9.17. The minimum atomic E-state index is -0.422. The Kier molecular flexibility index (Phi) is 3.00. The number of halogens is 1. The van der Waals surface area contributed by atoms with Gasteiger partial charge in [0.15, 0.2) is 0 Å². The van der Waals surface area contributed by atoms with Gasteiger partial charge in [-0.15, -0.1) is 0 Å². The zero-order valence-corrected chi connectivity index (χ0v) is 8.44. The van der Waals surface area contributed by atoms with E-state index in [4.69, 9.17) is 4.74 Å². The lowest BCUT2D eigenvalue weighted by atomic mass is 10.2. The summed E-state index contributed by atoms with van der Waals surface area (Å²) in [5, 5.41) is 0. The lowest BCUT2D eigenvalue weighted by Crippen LogP contribution is -2.05. The van der Waals surface area contributed by atoms with Crippen molar-refractivity contribution in [1.82, 2.24) is 4.98 Å². The number of carbonyl (C=O) groups excluding carboxylic acids is 1. The van der Waals surface area contributed by atoms with Gasteiger partial charge in [0, 0.05) is 6.20 Å². The largest absolute Gasteiger partial charge is 0.456 e. The van der Waals surface area contributed by atoms with Crippen LogP contribution >= 0.6 is 0 Å². The summed E-state index contributed by atoms with van der Waals surface area (Å²) in [5.74, 6) is -0.728. The molecule has 0 saturated heterocycles. The highest BCUT2D eigenvalue weighted by molar-refractivity contribution is 5.87. The van der Waals surface area contributed by atoms with Crippen molar-refractivity contribution < 1.29 is 13.9 Å². The fourth-order valence-corrected chi connectivity index (χ4v) is 1.26. The Morgan fingerprint density at radius 3 is 2.62 bits per heavy atom. The predicted molar refractivity (Wildman–Crippen MR) is 56.3 cm³/mol. The third kappa shape index (κ3) is 2.48. The van der Waals surface area contributed by atoms with E-state index in [1.165, 1.54) is 12.1 Å². The first-order valence-corrected chi connectivity index (χ1v) is 4.80. The van der Waals surface area contributed by atoms with Crippen LogP contribution in [-0.2, 0) is 11.3 Å². The molecule has 1 aromatic carbocycles. The Morgan fingerprint density at radius 2 is 2.00 bits per heavy atom. The van der Waals surface area contributed by atoms with E-state index in [2.05, 4.69) is 4.98 Å². The zero-order chi connectivity index (χ0) is 11.4. The maximum Gasteiger partial charge on any atom is 0.355 e. The van der Waals surface area contributed by atoms with Crippen LogP contribution in [0.5, 0.6) is 0 Å². The molecule has 0 aliphatic carbocycles. The molecule has 0 aliphatic rings. The quantitative estimate of drug-likeness (QED) is 0.806. The molecule has 1 N–H and O–H groups in total. The van der Waals surface area contributed by atoms with Gasteiger partial charge in [-0.25, -0.2) is 9.18 Å². The van der Waals surface area contributed by atoms with Gasteiger partial charge in [-0.05, 0) is 29.8 Å². The molecule has 4 heteroatoms. The summed E-state index contributed by atoms with van der Waals surface area (Å²) in [5.41, 5.74) is 1.16. The molecule has 0 amide bonds. The van der Waals surface area contributed by atoms with Crippen molar-refractivity contribution >= 4 is 5.97 Å². The van der Waals surface area contributed by atoms with Crippen LogP contribution < -0.4 is 0 Å². The van der Waals surface area contributed by atoms with Crippen molar-refractivity contribution in [2.24, 2.45) is 0 Å². The van der Waals surface area contributed by atoms with Crippen LogP contribution in [0.2, 0.25) is 0 Å². The molecule has 16 heavy (non-hydrogen) atoms. The number of aromatic nitrogens is 1. The van der Waals surface area contributed by atoms with Gasteiger partial charge < -0.3 is 9.72 Å². The van der Waals surface area contributed by atoms with E-state index in [1.807, 2.05) is 0 Å². The van der Waals surface area contributed by atoms with Crippen molar-refractivity contribution in [2.75, 3.05) is 0 Å². The molecule has 1 aromatic heterocycles. The van der Waals surface area contributed by atoms with Crippen LogP contribution in [0.4, 0.5) is 4.39 Å². The first kappa shape index (κ1) is 10.4. The average molecular weight is 219 g/mol. The smallest absolute Gasteiger partial charge is 0.355 e. The van der Waals surface area contributed by atoms with Gasteiger partial charge in [-0.3, -0.25) is 0 Å². The van der Waals surface area contributed by atoms with Crippen molar-refractivity contribution in [3.8, 4) is 0 Å². The third-order valence-electron chi connectivity index (χ3n) is 2.10. The highest BCUT2D eigenvalue weighted by atomic mass is 19.1. The number of benzene rings is 1. The molecule has 0 spiro atoms. The van der Waals surface area contributed by atoms with Gasteiger partial charge in [0.05, 0.1) is 0 Å². The number of hydrogen-bond acceptors (Lipinski definition) is 2. The van der Waals surface area contributed by atoms with Gasteiger partial charge in [-0.2, -0.15) is 0 Å². The Balaban J connectivity index is 1.93. The number of aromatic amines is 1. The minimum Gasteiger partial charge on any atom is -0.456 e. The number of hydrogen-bond donors (Lipinski definition) is 1. The Hall–Kier alpha value is -2.10. The average Bonchev–Trinajstić information content (AvgIpc) is 2.81. The molecule has 1 heterocycles. The van der Waals surface area contributed by atoms with Gasteiger partial charge in [0.25, 0.3) is 0 Å². The Bertz CT molecular complexity index is 462. The summed E-state index contributed by atoms with van der Waals surface area (Å²) in [7, 11) is 0. The summed E-state index contributed by atoms with van der Waals surface area (Å²) < 4.78 is 17.6. The Morgan fingerprint density at radius 1 is 1.25 bits per heavy atom. The fourth-order valence-electron chi connectivity index (χ4n) is 1.26. The monoisotopic (exact) mass is 219 g/mol. The molecule has 0 saturated carbocycles. The Labute approximate surface area is 91.9 Å². The third-order valence-corrected chi connectivity index (χ3v) is 2.10. The van der Waals surface area contributed by atoms with Crippen molar-refractivity contribution in [3.63, 3.8) is 0 Å². The lowest BCUT2D eigenvalue weighted by Gasteiger charge is -2.03. The number of carbonyl (C=O) groups is 1. The summed E-state index contributed by atoms with van der Waals surface area (Å²) in [4.78, 5) is 14.2. The van der Waals surface area contributed by atoms with Crippen LogP contribution in [-0.4, -0.2) is 11.0 Å². The maximum absolute atomic E-state index is 12.6. The second-order valence-electron chi connectivity index (χ2n) is 3.29. The highest BCUT2D eigenvalue weighted by Crippen LogP contribution is 2.06. The molecular weight excluding hydrogens is 209 g/mol. The van der Waals surface area contributed by atoms with Gasteiger partial charge >= 0.3 is 5.97 Å². The molecule has 2 aromatic rings. The standard InChI is InChI=1S/C12H10FNO2/c13-10-5-3-9(4-6-10)8-16-12(15)11-2-1-7-14-11/h1-7,14H,8H2. The summed E-state index contributed by atoms with van der Waals surface area (Å²) >= 11 is 0. The van der Waals surface area contributed by atoms with E-state index in [0.29, 0.717) is 5.69 Å². The number of H-pyrrole nitrogens is 1. The van der Waals surface area contributed by atoms with E-state index >= 15 is 0 Å². The second kappa shape index (κ2) is 4.61. The second-order valence-corrected chi connectivity index (χ2v) is 3.29. The summed E-state index contributed by atoms with van der Waals surface area (Å²) in [6.07, 6.45) is 1.65. The number of ether oxygens (including phenoxy) is 1. The van der Waals surface area contributed by atoms with E-state index in [1.54, 1.807) is 30.5 Å². The molecule has 0 unspecified atom stereocenters. The fraction of sp³-hybridized carbons (Fsp3) is 0.0833. The van der Waals surface area contributed by atoms with E-state index in [9.17, 15) is 9.18 Å². The SMILES string of the molecule is O=C(OCc1ccc(F)cc1)c1ccc[nH]1. The van der Waals surface area contributed by atoms with E-state index in [0.717, 1.165) is 5.56 Å². The molecule has 3 nitrogen and oxygen atoms in total. The van der Waals surface area contributed by atoms with Crippen molar-refractivity contribution in [3.05, 3.63) is 59.7 Å². The first-order valence-electron chi connectivity index (χ1n) is 4.80. The molecule has 0 radical (unpaired) electrons. The van der Waals surface area contributed by atoms with Crippen LogP contribution in [0.3, 0.4) is 0 Å². The molecule has 0 atom stereocenters. The summed E-state index contributed by atoms with van der Waals surface area (Å²) in [6.45, 7) is 0.137. The number of rotatable bonds is 3. The molecule has 2 rings (SSSR count). The van der Waals surface area contributed by atoms with Crippen LogP contribution in [0.25, 0.3) is 0 Å². The number of nitrogens with one attached hydrogen (secondary N) is 1. The zero-order valence-electron chi connectivity index (χ0n) is 8.44. The van der Waals surface area contributed by atoms with Crippen LogP contribution in [0, 0.1) is 5.82 Å². The first-order chi connectivity index (χ1) is 7.75. The molecule has 0 fully saturated rings. The normalized spacial score (nSPS) is 10.1.